The first-order chi connectivity index (χ1) is 8.97. The summed E-state index contributed by atoms with van der Waals surface area (Å²) < 4.78 is 5.70. The van der Waals surface area contributed by atoms with Crippen molar-refractivity contribution in [2.24, 2.45) is 0 Å². The lowest BCUT2D eigenvalue weighted by atomic mass is 9.87. The first-order valence-corrected chi connectivity index (χ1v) is 7.05. The van der Waals surface area contributed by atoms with E-state index in [0.717, 1.165) is 18.7 Å². The smallest absolute Gasteiger partial charge is 0.119 e. The van der Waals surface area contributed by atoms with Crippen molar-refractivity contribution in [3.63, 3.8) is 0 Å². The van der Waals surface area contributed by atoms with Crippen LogP contribution in [0, 0.1) is 0 Å². The first kappa shape index (κ1) is 16.0. The van der Waals surface area contributed by atoms with E-state index in [2.05, 4.69) is 45.1 Å². The van der Waals surface area contributed by atoms with Gasteiger partial charge in [0.2, 0.25) is 0 Å². The van der Waals surface area contributed by atoms with Gasteiger partial charge in [-0.3, -0.25) is 0 Å². The van der Waals surface area contributed by atoms with E-state index in [-0.39, 0.29) is 18.1 Å². The van der Waals surface area contributed by atoms with Crippen LogP contribution < -0.4 is 10.1 Å². The van der Waals surface area contributed by atoms with Gasteiger partial charge in [0.05, 0.1) is 12.6 Å². The lowest BCUT2D eigenvalue weighted by Crippen LogP contribution is -2.38. The van der Waals surface area contributed by atoms with Crippen molar-refractivity contribution in [3.8, 4) is 5.75 Å². The molecule has 108 valence electrons. The summed E-state index contributed by atoms with van der Waals surface area (Å²) in [5.41, 5.74) is 1.46. The Morgan fingerprint density at radius 2 is 1.84 bits per heavy atom. The van der Waals surface area contributed by atoms with E-state index < -0.39 is 0 Å². The fourth-order valence-corrected chi connectivity index (χ4v) is 1.77. The molecular formula is C16H27NO2. The molecule has 0 amide bonds. The molecule has 3 nitrogen and oxygen atoms in total. The molecule has 0 radical (unpaired) electrons. The van der Waals surface area contributed by atoms with Gasteiger partial charge >= 0.3 is 0 Å². The zero-order valence-corrected chi connectivity index (χ0v) is 12.6. The van der Waals surface area contributed by atoms with Crippen molar-refractivity contribution in [2.75, 3.05) is 19.8 Å². The Morgan fingerprint density at radius 1 is 1.21 bits per heavy atom. The van der Waals surface area contributed by atoms with Crippen molar-refractivity contribution >= 4 is 0 Å². The van der Waals surface area contributed by atoms with Gasteiger partial charge in [0, 0.05) is 0 Å². The highest BCUT2D eigenvalue weighted by Crippen LogP contribution is 2.24. The molecule has 0 saturated heterocycles. The maximum atomic E-state index is 9.24. The molecule has 0 aliphatic heterocycles. The second-order valence-electron chi connectivity index (χ2n) is 5.92. The van der Waals surface area contributed by atoms with Crippen LogP contribution in [-0.4, -0.2) is 30.9 Å². The fraction of sp³-hybridized carbons (Fsp3) is 0.625. The van der Waals surface area contributed by atoms with Crippen molar-refractivity contribution in [2.45, 2.75) is 45.6 Å². The van der Waals surface area contributed by atoms with Gasteiger partial charge in [0.15, 0.2) is 0 Å². The lowest BCUT2D eigenvalue weighted by Gasteiger charge is -2.20. The molecule has 1 aromatic rings. The van der Waals surface area contributed by atoms with Gasteiger partial charge in [-0.1, -0.05) is 39.8 Å². The predicted octanol–water partition coefficient (Wildman–Crippen LogP) is 2.72. The Labute approximate surface area is 117 Å². The van der Waals surface area contributed by atoms with Crippen molar-refractivity contribution in [1.29, 1.82) is 0 Å². The van der Waals surface area contributed by atoms with Crippen LogP contribution in [0.15, 0.2) is 24.3 Å². The summed E-state index contributed by atoms with van der Waals surface area (Å²) in [7, 11) is 0. The maximum absolute atomic E-state index is 9.24. The molecule has 1 rings (SSSR count). The van der Waals surface area contributed by atoms with Crippen molar-refractivity contribution in [3.05, 3.63) is 29.8 Å². The Bertz CT molecular complexity index is 354. The first-order valence-electron chi connectivity index (χ1n) is 7.05. The summed E-state index contributed by atoms with van der Waals surface area (Å²) in [6, 6.07) is 8.19. The monoisotopic (exact) mass is 265 g/mol. The van der Waals surface area contributed by atoms with Crippen molar-refractivity contribution in [1.82, 2.24) is 5.32 Å². The summed E-state index contributed by atoms with van der Waals surface area (Å²) in [6.07, 6.45) is 1.05. The Balaban J connectivity index is 2.49. The fourth-order valence-electron chi connectivity index (χ4n) is 1.77. The summed E-state index contributed by atoms with van der Waals surface area (Å²) in [5, 5.41) is 12.5. The average Bonchev–Trinajstić information content (AvgIpc) is 2.38. The van der Waals surface area contributed by atoms with Gasteiger partial charge in [0.25, 0.3) is 0 Å². The zero-order chi connectivity index (χ0) is 14.3. The largest absolute Gasteiger partial charge is 0.492 e. The molecular weight excluding hydrogens is 238 g/mol. The van der Waals surface area contributed by atoms with E-state index in [1.165, 1.54) is 5.56 Å². The van der Waals surface area contributed by atoms with E-state index in [0.29, 0.717) is 6.61 Å². The minimum Gasteiger partial charge on any atom is -0.492 e. The SMILES string of the molecule is CCCNC(CO)COc1ccc(C(C)(C)C)cc1. The number of benzene rings is 1. The van der Waals surface area contributed by atoms with Gasteiger partial charge in [-0.2, -0.15) is 0 Å². The lowest BCUT2D eigenvalue weighted by molar-refractivity contribution is 0.183. The molecule has 0 aromatic heterocycles. The molecule has 1 unspecified atom stereocenters. The number of hydrogen-bond acceptors (Lipinski definition) is 3. The Morgan fingerprint density at radius 3 is 2.32 bits per heavy atom. The third-order valence-corrected chi connectivity index (χ3v) is 3.07. The Hall–Kier alpha value is -1.06. The van der Waals surface area contributed by atoms with Crippen LogP contribution >= 0.6 is 0 Å². The molecule has 1 aromatic carbocycles. The second kappa shape index (κ2) is 7.51. The van der Waals surface area contributed by atoms with Gasteiger partial charge < -0.3 is 15.2 Å². The molecule has 2 N–H and O–H groups in total. The molecule has 0 bridgehead atoms. The van der Waals surface area contributed by atoms with Crippen LogP contribution in [-0.2, 0) is 5.41 Å². The van der Waals surface area contributed by atoms with Gasteiger partial charge in [-0.05, 0) is 36.1 Å². The quantitative estimate of drug-likeness (QED) is 0.796. The summed E-state index contributed by atoms with van der Waals surface area (Å²) >= 11 is 0. The third-order valence-electron chi connectivity index (χ3n) is 3.07. The molecule has 3 heteroatoms. The normalized spacial score (nSPS) is 13.3. The minimum absolute atomic E-state index is 0.00208. The maximum Gasteiger partial charge on any atom is 0.119 e. The van der Waals surface area contributed by atoms with E-state index in [1.54, 1.807) is 0 Å². The van der Waals surface area contributed by atoms with E-state index >= 15 is 0 Å². The topological polar surface area (TPSA) is 41.5 Å². The third kappa shape index (κ3) is 5.62. The highest BCUT2D eigenvalue weighted by atomic mass is 16.5. The number of ether oxygens (including phenoxy) is 1. The minimum atomic E-state index is 0.00208. The van der Waals surface area contributed by atoms with E-state index in [9.17, 15) is 5.11 Å². The van der Waals surface area contributed by atoms with Gasteiger partial charge in [-0.25, -0.2) is 0 Å². The molecule has 0 fully saturated rings. The van der Waals surface area contributed by atoms with Crippen LogP contribution in [0.1, 0.15) is 39.7 Å². The van der Waals surface area contributed by atoms with Crippen LogP contribution in [0.4, 0.5) is 0 Å². The average molecular weight is 265 g/mol. The number of rotatable bonds is 7. The summed E-state index contributed by atoms with van der Waals surface area (Å²) in [6.45, 7) is 10.2. The van der Waals surface area contributed by atoms with Gasteiger partial charge in [0.1, 0.15) is 12.4 Å². The summed E-state index contributed by atoms with van der Waals surface area (Å²) in [5.74, 6) is 0.852. The zero-order valence-electron chi connectivity index (χ0n) is 12.6. The second-order valence-corrected chi connectivity index (χ2v) is 5.92. The molecule has 0 aliphatic carbocycles. The van der Waals surface area contributed by atoms with Gasteiger partial charge in [-0.15, -0.1) is 0 Å². The van der Waals surface area contributed by atoms with Crippen LogP contribution in [0.3, 0.4) is 0 Å². The highest BCUT2D eigenvalue weighted by molar-refractivity contribution is 5.31. The predicted molar refractivity (Wildman–Crippen MR) is 79.8 cm³/mol. The summed E-state index contributed by atoms with van der Waals surface area (Å²) in [4.78, 5) is 0. The standard InChI is InChI=1S/C16H27NO2/c1-5-10-17-14(11-18)12-19-15-8-6-13(7-9-15)16(2,3)4/h6-9,14,17-18H,5,10-12H2,1-4H3. The molecule has 0 aliphatic rings. The van der Waals surface area contributed by atoms with E-state index in [1.807, 2.05) is 12.1 Å². The molecule has 19 heavy (non-hydrogen) atoms. The highest BCUT2D eigenvalue weighted by Gasteiger charge is 2.13. The van der Waals surface area contributed by atoms with E-state index in [4.69, 9.17) is 4.74 Å². The Kier molecular flexibility index (Phi) is 6.32. The number of nitrogens with one attached hydrogen (secondary N) is 1. The number of aliphatic hydroxyl groups is 1. The van der Waals surface area contributed by atoms with Crippen LogP contribution in [0.2, 0.25) is 0 Å². The molecule has 0 heterocycles. The number of aliphatic hydroxyl groups excluding tert-OH is 1. The number of hydrogen-bond donors (Lipinski definition) is 2. The van der Waals surface area contributed by atoms with Crippen LogP contribution in [0.25, 0.3) is 0 Å². The molecule has 1 atom stereocenters. The molecule has 0 saturated carbocycles. The molecule has 0 spiro atoms. The van der Waals surface area contributed by atoms with Crippen LogP contribution in [0.5, 0.6) is 5.75 Å². The van der Waals surface area contributed by atoms with Crippen molar-refractivity contribution < 1.29 is 9.84 Å².